The van der Waals surface area contributed by atoms with E-state index in [0.717, 1.165) is 5.56 Å². The number of thiocarbonyl (C=S) groups is 1. The van der Waals surface area contributed by atoms with Gasteiger partial charge in [-0.25, -0.2) is 0 Å². The lowest BCUT2D eigenvalue weighted by Crippen LogP contribution is -2.30. The average Bonchev–Trinajstić information content (AvgIpc) is 2.94. The molecular weight excluding hydrogens is 417 g/mol. The summed E-state index contributed by atoms with van der Waals surface area (Å²) in [5.74, 6) is 0.114. The molecule has 1 heterocycles. The van der Waals surface area contributed by atoms with Crippen LogP contribution in [0.5, 0.6) is 5.75 Å². The Labute approximate surface area is 178 Å². The van der Waals surface area contributed by atoms with Crippen LogP contribution in [0.15, 0.2) is 42.1 Å². The molecule has 2 aromatic carbocycles. The molecule has 1 saturated heterocycles. The summed E-state index contributed by atoms with van der Waals surface area (Å²) in [7, 11) is 0. The first-order chi connectivity index (χ1) is 13.4. The van der Waals surface area contributed by atoms with Gasteiger partial charge >= 0.3 is 0 Å². The minimum atomic E-state index is -0.201. The number of carbonyl (C=O) groups is 1. The van der Waals surface area contributed by atoms with Crippen molar-refractivity contribution in [2.75, 3.05) is 6.54 Å². The molecule has 0 atom stereocenters. The van der Waals surface area contributed by atoms with Crippen LogP contribution in [-0.2, 0) is 11.4 Å². The zero-order valence-electron chi connectivity index (χ0n) is 14.8. The quantitative estimate of drug-likeness (QED) is 0.556. The van der Waals surface area contributed by atoms with Crippen LogP contribution in [0.25, 0.3) is 6.08 Å². The fraction of sp³-hybridized carbons (Fsp3) is 0.150. The van der Waals surface area contributed by atoms with E-state index in [1.165, 1.54) is 4.90 Å². The van der Waals surface area contributed by atoms with Gasteiger partial charge in [-0.05, 0) is 49.0 Å². The second-order valence-corrected chi connectivity index (χ2v) is 7.11. The van der Waals surface area contributed by atoms with Crippen molar-refractivity contribution in [1.82, 2.24) is 10.2 Å². The largest absolute Gasteiger partial charge is 0.486 e. The lowest BCUT2D eigenvalue weighted by Gasteiger charge is -2.12. The van der Waals surface area contributed by atoms with Crippen LogP contribution in [0.3, 0.4) is 0 Å². The molecule has 1 amide bonds. The van der Waals surface area contributed by atoms with Gasteiger partial charge in [0.15, 0.2) is 10.9 Å². The predicted octanol–water partition coefficient (Wildman–Crippen LogP) is 4.52. The summed E-state index contributed by atoms with van der Waals surface area (Å²) in [4.78, 5) is 13.8. The highest BCUT2D eigenvalue weighted by atomic mass is 35.5. The fourth-order valence-corrected chi connectivity index (χ4v) is 3.67. The Morgan fingerprint density at radius 3 is 2.57 bits per heavy atom. The van der Waals surface area contributed by atoms with Gasteiger partial charge in [-0.15, -0.1) is 0 Å². The van der Waals surface area contributed by atoms with Crippen LogP contribution in [-0.4, -0.2) is 22.5 Å². The molecule has 0 aliphatic carbocycles. The standard InChI is InChI=1S/C20H15Cl2N3O2S/c1-2-25-19(26)17(24-20(25)28)9-12-7-15(21)18(16(22)8-12)27-11-14-6-4-3-5-13(14)10-23/h3-9H,2,11H2,1H3,(H,24,28). The zero-order valence-corrected chi connectivity index (χ0v) is 17.2. The van der Waals surface area contributed by atoms with Crippen molar-refractivity contribution in [3.05, 3.63) is 68.8 Å². The summed E-state index contributed by atoms with van der Waals surface area (Å²) in [6, 6.07) is 12.6. The molecule has 1 aliphatic rings. The highest BCUT2D eigenvalue weighted by molar-refractivity contribution is 7.80. The second-order valence-electron chi connectivity index (χ2n) is 5.91. The van der Waals surface area contributed by atoms with Crippen molar-refractivity contribution in [3.8, 4) is 11.8 Å². The van der Waals surface area contributed by atoms with E-state index in [2.05, 4.69) is 11.4 Å². The highest BCUT2D eigenvalue weighted by Crippen LogP contribution is 2.35. The minimum Gasteiger partial charge on any atom is -0.486 e. The Hall–Kier alpha value is -2.59. The van der Waals surface area contributed by atoms with Crippen LogP contribution < -0.4 is 10.1 Å². The van der Waals surface area contributed by atoms with E-state index in [1.54, 1.807) is 36.4 Å². The maximum absolute atomic E-state index is 12.3. The van der Waals surface area contributed by atoms with Crippen LogP contribution in [0.1, 0.15) is 23.6 Å². The smallest absolute Gasteiger partial charge is 0.276 e. The number of amides is 1. The highest BCUT2D eigenvalue weighted by Gasteiger charge is 2.29. The molecule has 0 saturated carbocycles. The fourth-order valence-electron chi connectivity index (χ4n) is 2.73. The summed E-state index contributed by atoms with van der Waals surface area (Å²) < 4.78 is 5.75. The normalized spacial score (nSPS) is 14.9. The van der Waals surface area contributed by atoms with Crippen molar-refractivity contribution in [2.24, 2.45) is 0 Å². The number of rotatable bonds is 5. The number of likely N-dealkylation sites (N-methyl/N-ethyl adjacent to an activating group) is 1. The first kappa shape index (κ1) is 20.2. The lowest BCUT2D eigenvalue weighted by molar-refractivity contribution is -0.122. The molecule has 2 aromatic rings. The number of nitrogens with zero attached hydrogens (tertiary/aromatic N) is 2. The van der Waals surface area contributed by atoms with Crippen LogP contribution in [0.4, 0.5) is 0 Å². The second kappa shape index (κ2) is 8.61. The number of nitriles is 1. The van der Waals surface area contributed by atoms with Gasteiger partial charge < -0.3 is 10.1 Å². The summed E-state index contributed by atoms with van der Waals surface area (Å²) in [6.45, 7) is 2.49. The Balaban J connectivity index is 1.82. The van der Waals surface area contributed by atoms with E-state index in [9.17, 15) is 4.79 Å². The number of carbonyl (C=O) groups excluding carboxylic acids is 1. The molecule has 8 heteroatoms. The first-order valence-electron chi connectivity index (χ1n) is 8.39. The molecule has 1 fully saturated rings. The molecular formula is C20H15Cl2N3O2S. The Bertz CT molecular complexity index is 1010. The topological polar surface area (TPSA) is 65.4 Å². The van der Waals surface area contributed by atoms with Crippen molar-refractivity contribution in [1.29, 1.82) is 5.26 Å². The maximum atomic E-state index is 12.3. The monoisotopic (exact) mass is 431 g/mol. The third kappa shape index (κ3) is 4.12. The Kier molecular flexibility index (Phi) is 6.20. The third-order valence-electron chi connectivity index (χ3n) is 4.12. The number of benzene rings is 2. The van der Waals surface area contributed by atoms with Crippen molar-refractivity contribution in [3.63, 3.8) is 0 Å². The zero-order chi connectivity index (χ0) is 20.3. The molecule has 1 N–H and O–H groups in total. The van der Waals surface area contributed by atoms with E-state index in [1.807, 2.05) is 13.0 Å². The van der Waals surface area contributed by atoms with Crippen molar-refractivity contribution in [2.45, 2.75) is 13.5 Å². The van der Waals surface area contributed by atoms with Crippen molar-refractivity contribution < 1.29 is 9.53 Å². The molecule has 0 radical (unpaired) electrons. The number of hydrogen-bond donors (Lipinski definition) is 1. The molecule has 0 unspecified atom stereocenters. The average molecular weight is 432 g/mol. The molecule has 28 heavy (non-hydrogen) atoms. The van der Waals surface area contributed by atoms with Gasteiger partial charge in [0.2, 0.25) is 0 Å². The number of halogens is 2. The van der Waals surface area contributed by atoms with Gasteiger partial charge in [0.05, 0.1) is 21.7 Å². The number of hydrogen-bond acceptors (Lipinski definition) is 4. The van der Waals surface area contributed by atoms with E-state index in [0.29, 0.717) is 44.3 Å². The molecule has 5 nitrogen and oxygen atoms in total. The van der Waals surface area contributed by atoms with Gasteiger partial charge in [-0.2, -0.15) is 5.26 Å². The van der Waals surface area contributed by atoms with Gasteiger partial charge in [-0.3, -0.25) is 9.69 Å². The lowest BCUT2D eigenvalue weighted by atomic mass is 10.1. The summed E-state index contributed by atoms with van der Waals surface area (Å²) >= 11 is 17.8. The van der Waals surface area contributed by atoms with E-state index in [-0.39, 0.29) is 12.5 Å². The van der Waals surface area contributed by atoms with Crippen LogP contribution >= 0.6 is 35.4 Å². The number of ether oxygens (including phenoxy) is 1. The predicted molar refractivity (Wildman–Crippen MR) is 113 cm³/mol. The Morgan fingerprint density at radius 1 is 1.29 bits per heavy atom. The molecule has 3 rings (SSSR count). The summed E-state index contributed by atoms with van der Waals surface area (Å²) in [5, 5.41) is 13.0. The van der Waals surface area contributed by atoms with Crippen LogP contribution in [0, 0.1) is 11.3 Å². The van der Waals surface area contributed by atoms with E-state index < -0.39 is 0 Å². The van der Waals surface area contributed by atoms with E-state index in [4.69, 9.17) is 45.4 Å². The summed E-state index contributed by atoms with van der Waals surface area (Å²) in [6.07, 6.45) is 1.64. The van der Waals surface area contributed by atoms with Gasteiger partial charge in [0, 0.05) is 12.1 Å². The van der Waals surface area contributed by atoms with Crippen molar-refractivity contribution >= 4 is 52.5 Å². The van der Waals surface area contributed by atoms with Gasteiger partial charge in [-0.1, -0.05) is 41.4 Å². The van der Waals surface area contributed by atoms with Gasteiger partial charge in [0.25, 0.3) is 5.91 Å². The molecule has 0 spiro atoms. The first-order valence-corrected chi connectivity index (χ1v) is 9.55. The van der Waals surface area contributed by atoms with Crippen LogP contribution in [0.2, 0.25) is 10.0 Å². The SMILES string of the molecule is CCN1C(=O)C(=Cc2cc(Cl)c(OCc3ccccc3C#N)c(Cl)c2)NC1=S. The molecule has 0 aromatic heterocycles. The third-order valence-corrected chi connectivity index (χ3v) is 5.00. The van der Waals surface area contributed by atoms with Gasteiger partial charge in [0.1, 0.15) is 12.3 Å². The number of nitrogens with one attached hydrogen (secondary N) is 1. The summed E-state index contributed by atoms with van der Waals surface area (Å²) in [5.41, 5.74) is 2.25. The van der Waals surface area contributed by atoms with E-state index >= 15 is 0 Å². The molecule has 142 valence electrons. The minimum absolute atomic E-state index is 0.156. The maximum Gasteiger partial charge on any atom is 0.276 e. The Morgan fingerprint density at radius 2 is 1.96 bits per heavy atom. The molecule has 1 aliphatic heterocycles. The molecule has 0 bridgehead atoms.